The highest BCUT2D eigenvalue weighted by molar-refractivity contribution is 7.11. The second kappa shape index (κ2) is 5.79. The van der Waals surface area contributed by atoms with Crippen LogP contribution in [0.3, 0.4) is 0 Å². The van der Waals surface area contributed by atoms with Gasteiger partial charge in [-0.25, -0.2) is 9.97 Å². The zero-order chi connectivity index (χ0) is 13.1. The van der Waals surface area contributed by atoms with Crippen LogP contribution in [-0.4, -0.2) is 37.7 Å². The zero-order valence-corrected chi connectivity index (χ0v) is 12.0. The van der Waals surface area contributed by atoms with Crippen LogP contribution in [0.2, 0.25) is 0 Å². The summed E-state index contributed by atoms with van der Waals surface area (Å²) >= 11 is 1.81. The Morgan fingerprint density at radius 3 is 3.16 bits per heavy atom. The summed E-state index contributed by atoms with van der Waals surface area (Å²) in [5, 5.41) is 5.36. The molecule has 3 rings (SSSR count). The van der Waals surface area contributed by atoms with Crippen LogP contribution in [0.1, 0.15) is 22.7 Å². The fraction of sp³-hybridized carbons (Fsp3) is 0.615. The number of thiazole rings is 1. The van der Waals surface area contributed by atoms with Crippen LogP contribution < -0.4 is 0 Å². The summed E-state index contributed by atoms with van der Waals surface area (Å²) in [4.78, 5) is 12.3. The molecular weight excluding hydrogens is 258 g/mol. The number of hydrogen-bond acceptors (Lipinski definition) is 5. The van der Waals surface area contributed by atoms with Crippen molar-refractivity contribution in [2.75, 3.05) is 13.1 Å². The van der Waals surface area contributed by atoms with Gasteiger partial charge in [-0.15, -0.1) is 11.3 Å². The van der Waals surface area contributed by atoms with E-state index in [9.17, 15) is 0 Å². The maximum atomic E-state index is 4.33. The molecule has 3 heterocycles. The molecule has 2 aromatic heterocycles. The topological polar surface area (TPSA) is 46.8 Å². The molecular formula is C13H19N5S. The van der Waals surface area contributed by atoms with Crippen molar-refractivity contribution in [1.29, 1.82) is 0 Å². The number of likely N-dealkylation sites (tertiary alicyclic amines) is 1. The van der Waals surface area contributed by atoms with Crippen molar-refractivity contribution >= 4 is 11.3 Å². The fourth-order valence-electron chi connectivity index (χ4n) is 2.73. The van der Waals surface area contributed by atoms with Crippen molar-refractivity contribution in [3.63, 3.8) is 0 Å². The Hall–Kier alpha value is -1.27. The molecule has 5 nitrogen and oxygen atoms in total. The van der Waals surface area contributed by atoms with Gasteiger partial charge in [0.2, 0.25) is 0 Å². The van der Waals surface area contributed by atoms with E-state index in [2.05, 4.69) is 26.9 Å². The van der Waals surface area contributed by atoms with Crippen LogP contribution in [-0.2, 0) is 13.1 Å². The second-order valence-corrected chi connectivity index (χ2v) is 6.53. The molecule has 0 unspecified atom stereocenters. The molecule has 0 spiro atoms. The third kappa shape index (κ3) is 3.39. The van der Waals surface area contributed by atoms with Crippen LogP contribution in [0.25, 0.3) is 0 Å². The Labute approximate surface area is 117 Å². The highest BCUT2D eigenvalue weighted by Gasteiger charge is 2.21. The van der Waals surface area contributed by atoms with Crippen LogP contribution >= 0.6 is 11.3 Å². The van der Waals surface area contributed by atoms with Crippen molar-refractivity contribution in [1.82, 2.24) is 24.6 Å². The van der Waals surface area contributed by atoms with E-state index in [4.69, 9.17) is 0 Å². The first kappa shape index (κ1) is 12.7. The van der Waals surface area contributed by atoms with Crippen molar-refractivity contribution < 1.29 is 0 Å². The minimum atomic E-state index is 0.685. The number of hydrogen-bond donors (Lipinski definition) is 0. The van der Waals surface area contributed by atoms with Crippen molar-refractivity contribution in [2.24, 2.45) is 5.92 Å². The standard InChI is InChI=1S/C13H19N5S/c1-11-15-5-13(19-11)8-17-4-2-3-12(6-17)7-18-10-14-9-16-18/h5,9-10,12H,2-4,6-8H2,1H3/t12-/m0/s1. The number of aryl methyl sites for hydroxylation is 1. The lowest BCUT2D eigenvalue weighted by molar-refractivity contribution is 0.154. The molecule has 1 atom stereocenters. The van der Waals surface area contributed by atoms with E-state index in [0.717, 1.165) is 24.6 Å². The van der Waals surface area contributed by atoms with Crippen LogP contribution in [0.15, 0.2) is 18.9 Å². The van der Waals surface area contributed by atoms with Gasteiger partial charge in [-0.3, -0.25) is 9.58 Å². The van der Waals surface area contributed by atoms with E-state index in [1.165, 1.54) is 24.3 Å². The van der Waals surface area contributed by atoms with Gasteiger partial charge in [0.05, 0.1) is 5.01 Å². The molecule has 102 valence electrons. The molecule has 19 heavy (non-hydrogen) atoms. The Kier molecular flexibility index (Phi) is 3.89. The van der Waals surface area contributed by atoms with Crippen molar-refractivity contribution in [3.8, 4) is 0 Å². The average Bonchev–Trinajstić information content (AvgIpc) is 3.02. The number of aromatic nitrogens is 4. The second-order valence-electron chi connectivity index (χ2n) is 5.21. The Morgan fingerprint density at radius 1 is 1.47 bits per heavy atom. The number of piperidine rings is 1. The quantitative estimate of drug-likeness (QED) is 0.857. The van der Waals surface area contributed by atoms with Crippen LogP contribution in [0.5, 0.6) is 0 Å². The van der Waals surface area contributed by atoms with Gasteiger partial charge in [-0.05, 0) is 32.2 Å². The summed E-state index contributed by atoms with van der Waals surface area (Å²) < 4.78 is 1.95. The van der Waals surface area contributed by atoms with E-state index < -0.39 is 0 Å². The molecule has 2 aromatic rings. The molecule has 0 bridgehead atoms. The van der Waals surface area contributed by atoms with Gasteiger partial charge in [-0.2, -0.15) is 5.10 Å². The highest BCUT2D eigenvalue weighted by atomic mass is 32.1. The maximum Gasteiger partial charge on any atom is 0.137 e. The normalized spacial score (nSPS) is 20.8. The number of nitrogens with zero attached hydrogens (tertiary/aromatic N) is 5. The van der Waals surface area contributed by atoms with E-state index in [1.54, 1.807) is 6.33 Å². The third-order valence-corrected chi connectivity index (χ3v) is 4.46. The monoisotopic (exact) mass is 277 g/mol. The first-order chi connectivity index (χ1) is 9.29. The third-order valence-electron chi connectivity index (χ3n) is 3.56. The largest absolute Gasteiger partial charge is 0.298 e. The predicted octanol–water partition coefficient (Wildman–Crippen LogP) is 1.96. The molecule has 0 saturated carbocycles. The lowest BCUT2D eigenvalue weighted by Gasteiger charge is -2.32. The fourth-order valence-corrected chi connectivity index (χ4v) is 3.57. The molecule has 0 N–H and O–H groups in total. The zero-order valence-electron chi connectivity index (χ0n) is 11.2. The Morgan fingerprint density at radius 2 is 2.42 bits per heavy atom. The molecule has 0 amide bonds. The minimum absolute atomic E-state index is 0.685. The maximum absolute atomic E-state index is 4.33. The van der Waals surface area contributed by atoms with E-state index in [-0.39, 0.29) is 0 Å². The number of rotatable bonds is 4. The van der Waals surface area contributed by atoms with E-state index in [0.29, 0.717) is 5.92 Å². The molecule has 1 aliphatic rings. The first-order valence-corrected chi connectivity index (χ1v) is 7.57. The lowest BCUT2D eigenvalue weighted by Crippen LogP contribution is -2.36. The Bertz CT molecular complexity index is 507. The summed E-state index contributed by atoms with van der Waals surface area (Å²) in [6, 6.07) is 0. The van der Waals surface area contributed by atoms with Crippen LogP contribution in [0, 0.1) is 12.8 Å². The summed E-state index contributed by atoms with van der Waals surface area (Å²) in [7, 11) is 0. The van der Waals surface area contributed by atoms with Gasteiger partial charge in [-0.1, -0.05) is 0 Å². The summed E-state index contributed by atoms with van der Waals surface area (Å²) in [5.74, 6) is 0.685. The molecule has 1 fully saturated rings. The first-order valence-electron chi connectivity index (χ1n) is 6.75. The smallest absolute Gasteiger partial charge is 0.137 e. The molecule has 1 aliphatic heterocycles. The SMILES string of the molecule is Cc1ncc(CN2CCC[C@H](Cn3cncn3)C2)s1. The van der Waals surface area contributed by atoms with Crippen LogP contribution in [0.4, 0.5) is 0 Å². The van der Waals surface area contributed by atoms with E-state index in [1.807, 2.05) is 28.5 Å². The summed E-state index contributed by atoms with van der Waals surface area (Å²) in [6.07, 6.45) is 8.00. The van der Waals surface area contributed by atoms with Crippen molar-refractivity contribution in [3.05, 3.63) is 28.7 Å². The van der Waals surface area contributed by atoms with Gasteiger partial charge in [0, 0.05) is 30.7 Å². The van der Waals surface area contributed by atoms with Gasteiger partial charge in [0.25, 0.3) is 0 Å². The molecule has 0 aliphatic carbocycles. The summed E-state index contributed by atoms with van der Waals surface area (Å²) in [5.41, 5.74) is 0. The van der Waals surface area contributed by atoms with Gasteiger partial charge in [0.15, 0.2) is 0 Å². The van der Waals surface area contributed by atoms with E-state index >= 15 is 0 Å². The molecule has 0 radical (unpaired) electrons. The Balaban J connectivity index is 1.55. The van der Waals surface area contributed by atoms with Gasteiger partial charge < -0.3 is 0 Å². The van der Waals surface area contributed by atoms with Gasteiger partial charge >= 0.3 is 0 Å². The highest BCUT2D eigenvalue weighted by Crippen LogP contribution is 2.21. The molecule has 6 heteroatoms. The molecule has 1 saturated heterocycles. The average molecular weight is 277 g/mol. The summed E-state index contributed by atoms with van der Waals surface area (Å²) in [6.45, 7) is 6.44. The van der Waals surface area contributed by atoms with Gasteiger partial charge in [0.1, 0.15) is 12.7 Å². The lowest BCUT2D eigenvalue weighted by atomic mass is 9.98. The minimum Gasteiger partial charge on any atom is -0.298 e. The predicted molar refractivity (Wildman–Crippen MR) is 74.9 cm³/mol. The molecule has 0 aromatic carbocycles. The van der Waals surface area contributed by atoms with Crippen molar-refractivity contribution in [2.45, 2.75) is 32.9 Å².